The lowest BCUT2D eigenvalue weighted by atomic mass is 9.88. The predicted octanol–water partition coefficient (Wildman–Crippen LogP) is 4.00. The number of halogens is 6. The molecule has 1 aliphatic rings. The lowest BCUT2D eigenvalue weighted by Crippen LogP contribution is -2.77. The average molecular weight is 425 g/mol. The molecule has 162 valence electrons. The average Bonchev–Trinajstić information content (AvgIpc) is 2.65. The summed E-state index contributed by atoms with van der Waals surface area (Å²) in [6.45, 7) is -0.297. The van der Waals surface area contributed by atoms with Gasteiger partial charge in [-0.3, -0.25) is 10.1 Å². The van der Waals surface area contributed by atoms with Crippen LogP contribution in [0.15, 0.2) is 30.3 Å². The quantitative estimate of drug-likeness (QED) is 0.493. The molecule has 0 aliphatic heterocycles. The molecule has 0 aromatic heterocycles. The van der Waals surface area contributed by atoms with Crippen molar-refractivity contribution >= 4 is 11.9 Å². The Kier molecular flexibility index (Phi) is 7.02. The van der Waals surface area contributed by atoms with Gasteiger partial charge in [0.1, 0.15) is 0 Å². The first kappa shape index (κ1) is 22.8. The van der Waals surface area contributed by atoms with E-state index in [-0.39, 0.29) is 19.4 Å². The number of carbonyl (C=O) groups is 2. The van der Waals surface area contributed by atoms with Crippen molar-refractivity contribution in [3.63, 3.8) is 0 Å². The van der Waals surface area contributed by atoms with Gasteiger partial charge in [0.15, 0.2) is 0 Å². The molecule has 0 radical (unpaired) electrons. The van der Waals surface area contributed by atoms with Crippen molar-refractivity contribution in [2.24, 2.45) is 5.92 Å². The van der Waals surface area contributed by atoms with Crippen molar-refractivity contribution in [2.75, 3.05) is 0 Å². The van der Waals surface area contributed by atoms with Crippen molar-refractivity contribution in [3.05, 3.63) is 35.9 Å². The first-order valence-corrected chi connectivity index (χ1v) is 9.02. The summed E-state index contributed by atoms with van der Waals surface area (Å²) < 4.78 is 81.3. The first-order chi connectivity index (χ1) is 13.5. The molecule has 29 heavy (non-hydrogen) atoms. The van der Waals surface area contributed by atoms with Gasteiger partial charge in [0, 0.05) is 12.5 Å². The van der Waals surface area contributed by atoms with Gasteiger partial charge in [-0.15, -0.1) is 0 Å². The molecule has 0 bridgehead atoms. The smallest absolute Gasteiger partial charge is 0.334 e. The van der Waals surface area contributed by atoms with Crippen LogP contribution in [0.3, 0.4) is 0 Å². The molecule has 0 heterocycles. The fourth-order valence-corrected chi connectivity index (χ4v) is 3.12. The molecule has 1 aromatic rings. The molecule has 0 saturated heterocycles. The normalized spacial score (nSPS) is 16.2. The molecule has 2 rings (SSSR count). The van der Waals surface area contributed by atoms with Crippen LogP contribution in [0, 0.1) is 5.92 Å². The molecule has 5 nitrogen and oxygen atoms in total. The Balaban J connectivity index is 2.21. The van der Waals surface area contributed by atoms with Crippen molar-refractivity contribution < 1.29 is 35.9 Å². The maximum absolute atomic E-state index is 13.5. The van der Waals surface area contributed by atoms with Crippen LogP contribution < -0.4 is 16.0 Å². The van der Waals surface area contributed by atoms with Crippen LogP contribution in [-0.4, -0.2) is 30.0 Å². The molecule has 3 amide bonds. The van der Waals surface area contributed by atoms with Crippen LogP contribution in [0.4, 0.5) is 31.1 Å². The third-order valence-corrected chi connectivity index (χ3v) is 4.73. The molecule has 3 N–H and O–H groups in total. The number of carbonyl (C=O) groups excluding carboxylic acids is 2. The molecule has 1 fully saturated rings. The minimum absolute atomic E-state index is 0.192. The largest absolute Gasteiger partial charge is 0.439 e. The van der Waals surface area contributed by atoms with Crippen LogP contribution in [0.5, 0.6) is 0 Å². The highest BCUT2D eigenvalue weighted by molar-refractivity contribution is 5.81. The van der Waals surface area contributed by atoms with Crippen LogP contribution in [0.2, 0.25) is 0 Å². The van der Waals surface area contributed by atoms with E-state index < -0.39 is 35.9 Å². The number of alkyl halides is 6. The highest BCUT2D eigenvalue weighted by Gasteiger charge is 2.73. The van der Waals surface area contributed by atoms with Gasteiger partial charge in [-0.1, -0.05) is 49.6 Å². The second-order valence-corrected chi connectivity index (χ2v) is 6.86. The van der Waals surface area contributed by atoms with Gasteiger partial charge in [0.25, 0.3) is 0 Å². The fourth-order valence-electron chi connectivity index (χ4n) is 3.12. The van der Waals surface area contributed by atoms with Gasteiger partial charge >= 0.3 is 24.0 Å². The number of hydrogen-bond acceptors (Lipinski definition) is 2. The highest BCUT2D eigenvalue weighted by atomic mass is 19.4. The van der Waals surface area contributed by atoms with E-state index >= 15 is 0 Å². The monoisotopic (exact) mass is 425 g/mol. The molecule has 0 spiro atoms. The first-order valence-electron chi connectivity index (χ1n) is 9.02. The summed E-state index contributed by atoms with van der Waals surface area (Å²) in [5.74, 6) is -2.36. The SMILES string of the molecule is O=C(NCc1ccccc1)NC(NC(=O)C1CCCCC1)(C(F)(F)F)C(F)(F)F. The van der Waals surface area contributed by atoms with E-state index in [0.29, 0.717) is 18.4 Å². The van der Waals surface area contributed by atoms with Crippen molar-refractivity contribution in [1.29, 1.82) is 0 Å². The number of hydrogen-bond donors (Lipinski definition) is 3. The molecular formula is C18H21F6N3O2. The highest BCUT2D eigenvalue weighted by Crippen LogP contribution is 2.42. The van der Waals surface area contributed by atoms with Crippen molar-refractivity contribution in [1.82, 2.24) is 16.0 Å². The van der Waals surface area contributed by atoms with E-state index in [1.165, 1.54) is 12.1 Å². The molecular weight excluding hydrogens is 404 g/mol. The van der Waals surface area contributed by atoms with Crippen molar-refractivity contribution in [3.8, 4) is 0 Å². The Labute approximate surface area is 163 Å². The molecule has 1 saturated carbocycles. The van der Waals surface area contributed by atoms with E-state index in [1.807, 2.05) is 5.32 Å². The summed E-state index contributed by atoms with van der Waals surface area (Å²) in [4.78, 5) is 24.1. The Morgan fingerprint density at radius 1 is 0.862 bits per heavy atom. The van der Waals surface area contributed by atoms with Crippen LogP contribution in [0.25, 0.3) is 0 Å². The maximum Gasteiger partial charge on any atom is 0.439 e. The number of urea groups is 1. The van der Waals surface area contributed by atoms with E-state index in [4.69, 9.17) is 0 Å². The van der Waals surface area contributed by atoms with Gasteiger partial charge in [0.05, 0.1) is 0 Å². The predicted molar refractivity (Wildman–Crippen MR) is 91.4 cm³/mol. The summed E-state index contributed by atoms with van der Waals surface area (Å²) >= 11 is 0. The van der Waals surface area contributed by atoms with Gasteiger partial charge < -0.3 is 10.6 Å². The van der Waals surface area contributed by atoms with E-state index in [0.717, 1.165) is 17.1 Å². The third-order valence-electron chi connectivity index (χ3n) is 4.73. The zero-order chi connectivity index (χ0) is 21.7. The summed E-state index contributed by atoms with van der Waals surface area (Å²) in [5, 5.41) is 3.92. The Bertz CT molecular complexity index is 686. The van der Waals surface area contributed by atoms with E-state index in [1.54, 1.807) is 18.2 Å². The number of amides is 3. The lowest BCUT2D eigenvalue weighted by Gasteiger charge is -2.39. The molecule has 11 heteroatoms. The van der Waals surface area contributed by atoms with Crippen molar-refractivity contribution in [2.45, 2.75) is 56.7 Å². The molecule has 1 aromatic carbocycles. The van der Waals surface area contributed by atoms with Crippen LogP contribution >= 0.6 is 0 Å². The Morgan fingerprint density at radius 3 is 1.93 bits per heavy atom. The summed E-state index contributed by atoms with van der Waals surface area (Å²) in [7, 11) is 0. The fraction of sp³-hybridized carbons (Fsp3) is 0.556. The number of rotatable bonds is 5. The second kappa shape index (κ2) is 8.91. The van der Waals surface area contributed by atoms with E-state index in [2.05, 4.69) is 0 Å². The van der Waals surface area contributed by atoms with Gasteiger partial charge in [-0.05, 0) is 18.4 Å². The zero-order valence-corrected chi connectivity index (χ0v) is 15.3. The van der Waals surface area contributed by atoms with Crippen LogP contribution in [-0.2, 0) is 11.3 Å². The maximum atomic E-state index is 13.5. The standard InChI is InChI=1S/C18H21F6N3O2/c19-17(20,21)16(18(22,23)24,26-14(28)13-9-5-2-6-10-13)27-15(29)25-11-12-7-3-1-4-8-12/h1,3-4,7-8,13H,2,5-6,9-11H2,(H,26,28)(H2,25,27,29). The zero-order valence-electron chi connectivity index (χ0n) is 15.3. The molecule has 1 aliphatic carbocycles. The second-order valence-electron chi connectivity index (χ2n) is 6.86. The van der Waals surface area contributed by atoms with Gasteiger partial charge in [-0.2, -0.15) is 26.3 Å². The topological polar surface area (TPSA) is 70.2 Å². The Morgan fingerprint density at radius 2 is 1.41 bits per heavy atom. The van der Waals surface area contributed by atoms with E-state index in [9.17, 15) is 35.9 Å². The molecule has 0 unspecified atom stereocenters. The minimum atomic E-state index is -6.01. The number of nitrogens with one attached hydrogen (secondary N) is 3. The summed E-state index contributed by atoms with van der Waals surface area (Å²) in [5.41, 5.74) is -4.42. The Hall–Kier alpha value is -2.46. The number of benzene rings is 1. The third kappa shape index (κ3) is 5.54. The van der Waals surface area contributed by atoms with Gasteiger partial charge in [-0.25, -0.2) is 4.79 Å². The molecule has 0 atom stereocenters. The lowest BCUT2D eigenvalue weighted by molar-refractivity contribution is -0.312. The van der Waals surface area contributed by atoms with Gasteiger partial charge in [0.2, 0.25) is 5.91 Å². The minimum Gasteiger partial charge on any atom is -0.334 e. The van der Waals surface area contributed by atoms with Crippen LogP contribution in [0.1, 0.15) is 37.7 Å². The summed E-state index contributed by atoms with van der Waals surface area (Å²) in [6, 6.07) is 6.19. The summed E-state index contributed by atoms with van der Waals surface area (Å²) in [6.07, 6.45) is -9.81.